The van der Waals surface area contributed by atoms with Crippen LogP contribution >= 0.6 is 0 Å². The topological polar surface area (TPSA) is 95.1 Å². The molecule has 2 aromatic carbocycles. The van der Waals surface area contributed by atoms with Gasteiger partial charge in [-0.2, -0.15) is 5.10 Å². The number of hydrogen-bond donors (Lipinski definition) is 0. The molecule has 2 atom stereocenters. The second-order valence-corrected chi connectivity index (χ2v) is 10.0. The van der Waals surface area contributed by atoms with Gasteiger partial charge in [0, 0.05) is 26.2 Å². The van der Waals surface area contributed by atoms with Crippen LogP contribution in [-0.4, -0.2) is 32.4 Å². The number of aromatic nitrogens is 3. The molecule has 2 heterocycles. The van der Waals surface area contributed by atoms with Gasteiger partial charge in [-0.1, -0.05) is 65.8 Å². The van der Waals surface area contributed by atoms with Crippen molar-refractivity contribution in [2.45, 2.75) is 57.3 Å². The lowest BCUT2D eigenvalue weighted by Gasteiger charge is -2.22. The first-order valence-corrected chi connectivity index (χ1v) is 12.7. The highest BCUT2D eigenvalue weighted by Gasteiger charge is 2.35. The fourth-order valence-corrected chi connectivity index (χ4v) is 5.85. The molecule has 0 amide bonds. The van der Waals surface area contributed by atoms with Crippen LogP contribution < -0.4 is 0 Å². The highest BCUT2D eigenvalue weighted by molar-refractivity contribution is 6.01. The predicted molar refractivity (Wildman–Crippen MR) is 136 cm³/mol. The largest absolute Gasteiger partial charge is 0.360 e. The molecule has 2 aliphatic carbocycles. The Morgan fingerprint density at radius 1 is 0.811 bits per heavy atom. The number of carbonyl (C=O) groups excluding carboxylic acids is 3. The molecule has 2 aromatic heterocycles. The molecule has 2 aliphatic rings. The fraction of sp³-hybridized carbons (Fsp3) is 0.300. The molecule has 37 heavy (non-hydrogen) atoms. The maximum atomic E-state index is 13.3. The molecule has 0 spiro atoms. The summed E-state index contributed by atoms with van der Waals surface area (Å²) in [6, 6.07) is 19.9. The Hall–Kier alpha value is -4.13. The summed E-state index contributed by atoms with van der Waals surface area (Å²) in [4.78, 5) is 38.8. The van der Waals surface area contributed by atoms with Gasteiger partial charge in [-0.3, -0.25) is 14.4 Å². The van der Waals surface area contributed by atoms with Crippen LogP contribution in [0.5, 0.6) is 0 Å². The van der Waals surface area contributed by atoms with E-state index in [1.54, 1.807) is 0 Å². The highest BCUT2D eigenvalue weighted by Crippen LogP contribution is 2.36. The summed E-state index contributed by atoms with van der Waals surface area (Å²) in [6.45, 7) is 1.46. The summed E-state index contributed by atoms with van der Waals surface area (Å²) in [5.74, 6) is 0.534. The Labute approximate surface area is 214 Å². The van der Waals surface area contributed by atoms with Gasteiger partial charge in [0.15, 0.2) is 11.6 Å². The number of hydrogen-bond acceptors (Lipinski definition) is 6. The number of ketones is 2. The molecule has 0 aliphatic heterocycles. The Kier molecular flexibility index (Phi) is 5.91. The van der Waals surface area contributed by atoms with Crippen molar-refractivity contribution < 1.29 is 18.9 Å². The number of benzene rings is 2. The number of rotatable bonds is 5. The monoisotopic (exact) mass is 493 g/mol. The van der Waals surface area contributed by atoms with Crippen LogP contribution in [0.1, 0.15) is 91.1 Å². The average Bonchev–Trinajstić information content (AvgIpc) is 3.50. The smallest absolute Gasteiger partial charge is 0.243 e. The van der Waals surface area contributed by atoms with Crippen molar-refractivity contribution >= 4 is 17.5 Å². The summed E-state index contributed by atoms with van der Waals surface area (Å²) >= 11 is 0. The van der Waals surface area contributed by atoms with Crippen molar-refractivity contribution in [1.82, 2.24) is 14.9 Å². The van der Waals surface area contributed by atoms with Crippen molar-refractivity contribution in [1.29, 1.82) is 0 Å². The molecule has 0 fully saturated rings. The number of fused-ring (bicyclic) bond motifs is 2. The van der Waals surface area contributed by atoms with Crippen molar-refractivity contribution in [3.8, 4) is 0 Å². The Morgan fingerprint density at radius 2 is 1.38 bits per heavy atom. The third-order valence-electron chi connectivity index (χ3n) is 7.62. The maximum Gasteiger partial charge on any atom is 0.243 e. The van der Waals surface area contributed by atoms with Crippen LogP contribution in [-0.2, 0) is 25.7 Å². The van der Waals surface area contributed by atoms with Crippen molar-refractivity contribution in [3.05, 3.63) is 106 Å². The van der Waals surface area contributed by atoms with Crippen molar-refractivity contribution in [2.75, 3.05) is 0 Å². The average molecular weight is 494 g/mol. The third kappa shape index (κ3) is 4.24. The lowest BCUT2D eigenvalue weighted by atomic mass is 9.80. The molecule has 6 rings (SSSR count). The van der Waals surface area contributed by atoms with Crippen LogP contribution in [0.2, 0.25) is 0 Å². The number of aryl methyl sites for hydroxylation is 2. The second kappa shape index (κ2) is 9.39. The van der Waals surface area contributed by atoms with Gasteiger partial charge in [0.2, 0.25) is 5.91 Å². The number of nitrogens with zero attached hydrogens (tertiary/aromatic N) is 3. The van der Waals surface area contributed by atoms with Gasteiger partial charge in [-0.05, 0) is 42.2 Å². The zero-order valence-electron chi connectivity index (χ0n) is 20.6. The van der Waals surface area contributed by atoms with Gasteiger partial charge in [0.1, 0.15) is 5.76 Å². The van der Waals surface area contributed by atoms with E-state index in [4.69, 9.17) is 4.52 Å². The zero-order chi connectivity index (χ0) is 25.5. The van der Waals surface area contributed by atoms with Gasteiger partial charge in [-0.25, -0.2) is 4.68 Å². The van der Waals surface area contributed by atoms with E-state index in [1.165, 1.54) is 11.6 Å². The first kappa shape index (κ1) is 23.3. The van der Waals surface area contributed by atoms with E-state index >= 15 is 0 Å². The van der Waals surface area contributed by atoms with E-state index in [1.807, 2.05) is 60.7 Å². The second-order valence-electron chi connectivity index (χ2n) is 10.0. The normalized spacial score (nSPS) is 18.9. The summed E-state index contributed by atoms with van der Waals surface area (Å²) in [7, 11) is 0. The van der Waals surface area contributed by atoms with Crippen molar-refractivity contribution in [3.63, 3.8) is 0 Å². The molecular weight excluding hydrogens is 466 g/mol. The number of carbonyl (C=O) groups is 3. The van der Waals surface area contributed by atoms with Gasteiger partial charge in [-0.15, -0.1) is 0 Å². The quantitative estimate of drug-likeness (QED) is 0.382. The van der Waals surface area contributed by atoms with E-state index in [0.29, 0.717) is 72.5 Å². The Morgan fingerprint density at radius 3 is 2.00 bits per heavy atom. The summed E-state index contributed by atoms with van der Waals surface area (Å²) in [5, 5.41) is 8.79. The van der Waals surface area contributed by atoms with Crippen molar-refractivity contribution in [2.24, 2.45) is 0 Å². The van der Waals surface area contributed by atoms with Crippen LogP contribution in [0.15, 0.2) is 65.2 Å². The van der Waals surface area contributed by atoms with Crippen LogP contribution in [0.4, 0.5) is 0 Å². The van der Waals surface area contributed by atoms with Gasteiger partial charge >= 0.3 is 0 Å². The third-order valence-corrected chi connectivity index (χ3v) is 7.62. The fourth-order valence-electron chi connectivity index (χ4n) is 5.85. The van der Waals surface area contributed by atoms with Crippen LogP contribution in [0, 0.1) is 0 Å². The minimum Gasteiger partial charge on any atom is -0.360 e. The van der Waals surface area contributed by atoms with Crippen LogP contribution in [0.25, 0.3) is 0 Å². The molecule has 4 aromatic rings. The van der Waals surface area contributed by atoms with E-state index in [9.17, 15) is 14.4 Å². The SMILES string of the molecule is CC(=O)n1nc(CCc2noc3c2C(=O)CC(c2ccccc2)C3)c2c1CC(c1ccccc1)CC2=O. The van der Waals surface area contributed by atoms with E-state index in [2.05, 4.69) is 10.3 Å². The Balaban J connectivity index is 1.25. The minimum atomic E-state index is -0.218. The number of Topliss-reactive ketones (excluding diaryl/α,β-unsaturated/α-hetero) is 2. The molecule has 7 nitrogen and oxygen atoms in total. The lowest BCUT2D eigenvalue weighted by molar-refractivity contribution is 0.0913. The first-order valence-electron chi connectivity index (χ1n) is 12.7. The summed E-state index contributed by atoms with van der Waals surface area (Å²) in [5.41, 5.74) is 5.19. The Bertz CT molecular complexity index is 1500. The molecule has 0 radical (unpaired) electrons. The maximum absolute atomic E-state index is 13.3. The lowest BCUT2D eigenvalue weighted by Crippen LogP contribution is -2.22. The van der Waals surface area contributed by atoms with Gasteiger partial charge in [0.25, 0.3) is 0 Å². The van der Waals surface area contributed by atoms with Gasteiger partial charge in [0.05, 0.1) is 28.2 Å². The van der Waals surface area contributed by atoms with E-state index < -0.39 is 0 Å². The van der Waals surface area contributed by atoms with E-state index in [-0.39, 0.29) is 29.3 Å². The predicted octanol–water partition coefficient (Wildman–Crippen LogP) is 5.14. The van der Waals surface area contributed by atoms with Gasteiger partial charge < -0.3 is 4.52 Å². The summed E-state index contributed by atoms with van der Waals surface area (Å²) < 4.78 is 7.00. The highest BCUT2D eigenvalue weighted by atomic mass is 16.5. The standard InChI is InChI=1S/C30H27N3O4/c1-18(34)33-25-14-21(19-8-4-2-5-9-19)15-26(35)29(25)23(31-33)12-13-24-30-27(36)16-22(17-28(30)37-32-24)20-10-6-3-7-11-20/h2-11,21-22H,12-17H2,1H3. The summed E-state index contributed by atoms with van der Waals surface area (Å²) in [6.07, 6.45) is 2.82. The minimum absolute atomic E-state index is 0.00145. The molecule has 186 valence electrons. The molecule has 0 saturated carbocycles. The van der Waals surface area contributed by atoms with E-state index in [0.717, 1.165) is 11.1 Å². The molecular formula is C30H27N3O4. The molecule has 0 bridgehead atoms. The molecule has 0 N–H and O–H groups in total. The molecule has 0 saturated heterocycles. The molecule has 2 unspecified atom stereocenters. The first-order chi connectivity index (χ1) is 18.0. The van der Waals surface area contributed by atoms with Crippen LogP contribution in [0.3, 0.4) is 0 Å². The molecule has 7 heteroatoms. The zero-order valence-corrected chi connectivity index (χ0v) is 20.6.